The largest absolute Gasteiger partial charge is 0.487 e. The van der Waals surface area contributed by atoms with Crippen molar-refractivity contribution in [2.75, 3.05) is 19.6 Å². The van der Waals surface area contributed by atoms with Gasteiger partial charge in [-0.15, -0.1) is 0 Å². The molecular weight excluding hydrogens is 434 g/mol. The van der Waals surface area contributed by atoms with Gasteiger partial charge in [-0.1, -0.05) is 19.3 Å². The average molecular weight is 464 g/mol. The lowest BCUT2D eigenvalue weighted by atomic mass is 10.1. The number of hydroxylamine groups is 1. The van der Waals surface area contributed by atoms with Crippen LogP contribution in [0.2, 0.25) is 0 Å². The van der Waals surface area contributed by atoms with Crippen LogP contribution in [0.1, 0.15) is 37.8 Å². The number of ether oxygens (including phenoxy) is 1. The number of aromatic nitrogens is 2. The maximum Gasteiger partial charge on any atom is 0.262 e. The van der Waals surface area contributed by atoms with Crippen LogP contribution in [-0.2, 0) is 21.4 Å². The molecule has 0 spiro atoms. The Bertz CT molecular complexity index is 948. The summed E-state index contributed by atoms with van der Waals surface area (Å²) in [5.41, 5.74) is 2.37. The molecule has 1 fully saturated rings. The Balaban J connectivity index is 1.61. The molecule has 1 saturated heterocycles. The van der Waals surface area contributed by atoms with Crippen LogP contribution in [0, 0.1) is 0 Å². The first kappa shape index (κ1) is 24.1. The molecule has 11 heteroatoms. The van der Waals surface area contributed by atoms with Gasteiger partial charge in [0, 0.05) is 12.7 Å². The van der Waals surface area contributed by atoms with E-state index in [0.29, 0.717) is 24.5 Å². The number of nitrogens with one attached hydrogen (secondary N) is 2. The maximum absolute atomic E-state index is 12.8. The van der Waals surface area contributed by atoms with Gasteiger partial charge in [-0.05, 0) is 56.3 Å². The number of hydrogen-bond acceptors (Lipinski definition) is 8. The number of amides is 1. The van der Waals surface area contributed by atoms with E-state index < -0.39 is 22.0 Å². The first-order valence-corrected chi connectivity index (χ1v) is 12.1. The molecule has 0 aliphatic carbocycles. The SMILES string of the molecule is O=C(NO)[C@H](CNS(=O)(=O)c1ccc(OCc2ccncn2)cc1)N1CCCCCCC1. The van der Waals surface area contributed by atoms with Crippen LogP contribution in [0.4, 0.5) is 0 Å². The minimum Gasteiger partial charge on any atom is -0.487 e. The fraction of sp³-hybridized carbons (Fsp3) is 0.476. The molecule has 3 rings (SSSR count). The highest BCUT2D eigenvalue weighted by atomic mass is 32.2. The quantitative estimate of drug-likeness (QED) is 0.376. The zero-order chi connectivity index (χ0) is 22.8. The Morgan fingerprint density at radius 2 is 1.78 bits per heavy atom. The minimum absolute atomic E-state index is 0.0581. The third-order valence-corrected chi connectivity index (χ3v) is 6.81. The van der Waals surface area contributed by atoms with Gasteiger partial charge in [-0.2, -0.15) is 0 Å². The van der Waals surface area contributed by atoms with Gasteiger partial charge in [0.25, 0.3) is 5.91 Å². The number of carbonyl (C=O) groups is 1. The van der Waals surface area contributed by atoms with Crippen LogP contribution in [-0.4, -0.2) is 60.1 Å². The van der Waals surface area contributed by atoms with Crippen molar-refractivity contribution in [2.45, 2.75) is 49.6 Å². The number of nitrogens with zero attached hydrogens (tertiary/aromatic N) is 3. The summed E-state index contributed by atoms with van der Waals surface area (Å²) in [5, 5.41) is 9.15. The second kappa shape index (κ2) is 11.9. The number of likely N-dealkylation sites (tertiary alicyclic amines) is 1. The van der Waals surface area contributed by atoms with Crippen LogP contribution in [0.25, 0.3) is 0 Å². The third kappa shape index (κ3) is 6.95. The van der Waals surface area contributed by atoms with E-state index in [9.17, 15) is 13.2 Å². The number of carbonyl (C=O) groups excluding carboxylic acids is 1. The van der Waals surface area contributed by atoms with Gasteiger partial charge in [0.15, 0.2) is 0 Å². The molecule has 2 heterocycles. The van der Waals surface area contributed by atoms with Gasteiger partial charge in [0.2, 0.25) is 10.0 Å². The van der Waals surface area contributed by atoms with Crippen molar-refractivity contribution in [1.29, 1.82) is 0 Å². The molecular formula is C21H29N5O5S. The molecule has 1 aromatic carbocycles. The monoisotopic (exact) mass is 463 g/mol. The van der Waals surface area contributed by atoms with Crippen LogP contribution in [0.3, 0.4) is 0 Å². The summed E-state index contributed by atoms with van der Waals surface area (Å²) < 4.78 is 33.6. The molecule has 0 bridgehead atoms. The molecule has 1 atom stereocenters. The van der Waals surface area contributed by atoms with Gasteiger partial charge in [0.1, 0.15) is 24.7 Å². The smallest absolute Gasteiger partial charge is 0.262 e. The number of benzene rings is 1. The Morgan fingerprint density at radius 3 is 2.41 bits per heavy atom. The van der Waals surface area contributed by atoms with Crippen molar-refractivity contribution in [3.8, 4) is 5.75 Å². The van der Waals surface area contributed by atoms with E-state index in [1.54, 1.807) is 29.9 Å². The summed E-state index contributed by atoms with van der Waals surface area (Å²) in [4.78, 5) is 22.1. The highest BCUT2D eigenvalue weighted by molar-refractivity contribution is 7.89. The molecule has 1 aliphatic rings. The van der Waals surface area contributed by atoms with Crippen molar-refractivity contribution in [3.63, 3.8) is 0 Å². The van der Waals surface area contributed by atoms with Crippen LogP contribution < -0.4 is 14.9 Å². The van der Waals surface area contributed by atoms with E-state index in [4.69, 9.17) is 9.94 Å². The molecule has 1 amide bonds. The van der Waals surface area contributed by atoms with Gasteiger partial charge < -0.3 is 4.74 Å². The number of hydrogen-bond donors (Lipinski definition) is 3. The Labute approximate surface area is 188 Å². The van der Waals surface area contributed by atoms with Crippen LogP contribution in [0.15, 0.2) is 47.8 Å². The average Bonchev–Trinajstić information content (AvgIpc) is 2.79. The zero-order valence-corrected chi connectivity index (χ0v) is 18.6. The van der Waals surface area contributed by atoms with E-state index >= 15 is 0 Å². The fourth-order valence-electron chi connectivity index (χ4n) is 3.59. The first-order valence-electron chi connectivity index (χ1n) is 10.6. The summed E-state index contributed by atoms with van der Waals surface area (Å²) in [6, 6.07) is 6.94. The molecule has 0 unspecified atom stereocenters. The highest BCUT2D eigenvalue weighted by Crippen LogP contribution is 2.18. The maximum atomic E-state index is 12.8. The van der Waals surface area contributed by atoms with E-state index in [2.05, 4.69) is 14.7 Å². The molecule has 174 valence electrons. The molecule has 10 nitrogen and oxygen atoms in total. The molecule has 2 aromatic rings. The highest BCUT2D eigenvalue weighted by Gasteiger charge is 2.28. The van der Waals surface area contributed by atoms with Crippen molar-refractivity contribution >= 4 is 15.9 Å². The Morgan fingerprint density at radius 1 is 1.09 bits per heavy atom. The van der Waals surface area contributed by atoms with E-state index in [-0.39, 0.29) is 18.0 Å². The van der Waals surface area contributed by atoms with E-state index in [0.717, 1.165) is 32.1 Å². The number of rotatable bonds is 9. The molecule has 0 saturated carbocycles. The summed E-state index contributed by atoms with van der Waals surface area (Å²) in [5.74, 6) is -0.123. The van der Waals surface area contributed by atoms with Crippen molar-refractivity contribution in [2.24, 2.45) is 0 Å². The standard InChI is InChI=1S/C21H29N5O5S/c27-21(25-28)20(26-12-4-2-1-3-5-13-26)14-24-32(29,30)19-8-6-18(7-9-19)31-15-17-10-11-22-16-23-17/h6-11,16,20,24,28H,1-5,12-15H2,(H,25,27)/t20-/m0/s1. The predicted molar refractivity (Wildman–Crippen MR) is 116 cm³/mol. The minimum atomic E-state index is -3.85. The first-order chi connectivity index (χ1) is 15.5. The zero-order valence-electron chi connectivity index (χ0n) is 17.8. The second-order valence-corrected chi connectivity index (χ2v) is 9.38. The Kier molecular flexibility index (Phi) is 8.91. The number of sulfonamides is 1. The molecule has 1 aromatic heterocycles. The molecule has 3 N–H and O–H groups in total. The van der Waals surface area contributed by atoms with Gasteiger partial charge >= 0.3 is 0 Å². The summed E-state index contributed by atoms with van der Waals surface area (Å²) in [6.07, 6.45) is 8.21. The predicted octanol–water partition coefficient (Wildman–Crippen LogP) is 1.47. The van der Waals surface area contributed by atoms with Gasteiger partial charge in [-0.3, -0.25) is 14.9 Å². The van der Waals surface area contributed by atoms with Gasteiger partial charge in [-0.25, -0.2) is 28.6 Å². The summed E-state index contributed by atoms with van der Waals surface area (Å²) in [7, 11) is -3.85. The third-order valence-electron chi connectivity index (χ3n) is 5.37. The van der Waals surface area contributed by atoms with Crippen molar-refractivity contribution in [3.05, 3.63) is 48.5 Å². The lowest BCUT2D eigenvalue weighted by Gasteiger charge is -2.31. The molecule has 32 heavy (non-hydrogen) atoms. The Hall–Kier alpha value is -2.60. The van der Waals surface area contributed by atoms with E-state index in [1.807, 2.05) is 4.90 Å². The van der Waals surface area contributed by atoms with Crippen LogP contribution in [0.5, 0.6) is 5.75 Å². The lowest BCUT2D eigenvalue weighted by molar-refractivity contribution is -0.134. The molecule has 0 radical (unpaired) electrons. The van der Waals surface area contributed by atoms with E-state index in [1.165, 1.54) is 18.5 Å². The van der Waals surface area contributed by atoms with Crippen molar-refractivity contribution in [1.82, 2.24) is 25.1 Å². The van der Waals surface area contributed by atoms with Crippen LogP contribution >= 0.6 is 0 Å². The second-order valence-electron chi connectivity index (χ2n) is 7.61. The summed E-state index contributed by atoms with van der Waals surface area (Å²) >= 11 is 0. The van der Waals surface area contributed by atoms with Crippen molar-refractivity contribution < 1.29 is 23.2 Å². The molecule has 1 aliphatic heterocycles. The normalized spacial score (nSPS) is 16.5. The fourth-order valence-corrected chi connectivity index (χ4v) is 4.63. The topological polar surface area (TPSA) is 134 Å². The van der Waals surface area contributed by atoms with Gasteiger partial charge in [0.05, 0.1) is 10.6 Å². The lowest BCUT2D eigenvalue weighted by Crippen LogP contribution is -2.53. The summed E-state index contributed by atoms with van der Waals surface area (Å²) in [6.45, 7) is 1.46.